The lowest BCUT2D eigenvalue weighted by Crippen LogP contribution is -2.07. The molecule has 2 heterocycles. The third-order valence-corrected chi connectivity index (χ3v) is 3.86. The molecule has 1 aliphatic rings. The topological polar surface area (TPSA) is 42.4 Å². The van der Waals surface area contributed by atoms with Crippen LogP contribution in [0.2, 0.25) is 0 Å². The van der Waals surface area contributed by atoms with E-state index in [2.05, 4.69) is 52.8 Å². The fourth-order valence-electron chi connectivity index (χ4n) is 2.53. The number of aryl methyl sites for hydroxylation is 1. The van der Waals surface area contributed by atoms with Crippen molar-refractivity contribution in [3.8, 4) is 11.1 Å². The summed E-state index contributed by atoms with van der Waals surface area (Å²) in [5, 5.41) is 3.42. The lowest BCUT2D eigenvalue weighted by atomic mass is 10.0. The molecule has 1 unspecified atom stereocenters. The number of nitrogens with one attached hydrogen (secondary N) is 1. The summed E-state index contributed by atoms with van der Waals surface area (Å²) in [5.74, 6) is 0. The van der Waals surface area contributed by atoms with E-state index >= 15 is 0 Å². The van der Waals surface area contributed by atoms with Gasteiger partial charge in [-0.2, -0.15) is 0 Å². The minimum Gasteiger partial charge on any atom is -0.382 e. The SMILES string of the molecule is Cn1cnc2ccc(-c3cccc(NCC4CO4)c3)cc21. The van der Waals surface area contributed by atoms with E-state index in [0.29, 0.717) is 6.10 Å². The molecule has 1 saturated heterocycles. The number of anilines is 1. The average molecular weight is 279 g/mol. The monoisotopic (exact) mass is 279 g/mol. The Morgan fingerprint density at radius 3 is 2.95 bits per heavy atom. The first-order valence-electron chi connectivity index (χ1n) is 7.16. The van der Waals surface area contributed by atoms with Crippen LogP contribution < -0.4 is 5.32 Å². The molecule has 1 fully saturated rings. The Morgan fingerprint density at radius 1 is 1.24 bits per heavy atom. The van der Waals surface area contributed by atoms with Gasteiger partial charge < -0.3 is 14.6 Å². The molecule has 0 saturated carbocycles. The third-order valence-electron chi connectivity index (χ3n) is 3.86. The molecular formula is C17H17N3O. The molecule has 1 aromatic heterocycles. The van der Waals surface area contributed by atoms with Crippen molar-refractivity contribution in [2.24, 2.45) is 7.05 Å². The number of fused-ring (bicyclic) bond motifs is 1. The van der Waals surface area contributed by atoms with Crippen molar-refractivity contribution >= 4 is 16.7 Å². The summed E-state index contributed by atoms with van der Waals surface area (Å²) < 4.78 is 7.27. The molecule has 1 aliphatic heterocycles. The lowest BCUT2D eigenvalue weighted by Gasteiger charge is -2.08. The van der Waals surface area contributed by atoms with Crippen LogP contribution in [0.5, 0.6) is 0 Å². The Balaban J connectivity index is 1.66. The Bertz CT molecular complexity index is 790. The van der Waals surface area contributed by atoms with E-state index < -0.39 is 0 Å². The maximum absolute atomic E-state index is 5.23. The summed E-state index contributed by atoms with van der Waals surface area (Å²) in [6.45, 7) is 1.76. The van der Waals surface area contributed by atoms with Crippen LogP contribution >= 0.6 is 0 Å². The predicted molar refractivity (Wildman–Crippen MR) is 84.4 cm³/mol. The van der Waals surface area contributed by atoms with E-state index in [1.54, 1.807) is 0 Å². The molecule has 4 heteroatoms. The number of benzene rings is 2. The van der Waals surface area contributed by atoms with Gasteiger partial charge in [0.1, 0.15) is 0 Å². The molecule has 0 amide bonds. The minimum atomic E-state index is 0.388. The number of imidazole rings is 1. The zero-order valence-corrected chi connectivity index (χ0v) is 11.9. The van der Waals surface area contributed by atoms with E-state index in [4.69, 9.17) is 4.74 Å². The standard InChI is InChI=1S/C17H17N3O/c1-20-11-19-16-6-5-13(8-17(16)20)12-3-2-4-14(7-12)18-9-15-10-21-15/h2-8,11,15,18H,9-10H2,1H3. The molecule has 3 aromatic rings. The lowest BCUT2D eigenvalue weighted by molar-refractivity contribution is 0.417. The van der Waals surface area contributed by atoms with Gasteiger partial charge in [0.15, 0.2) is 0 Å². The molecule has 1 N–H and O–H groups in total. The number of ether oxygens (including phenoxy) is 1. The van der Waals surface area contributed by atoms with Crippen molar-refractivity contribution in [2.75, 3.05) is 18.5 Å². The molecule has 2 aromatic carbocycles. The van der Waals surface area contributed by atoms with E-state index in [1.807, 2.05) is 17.9 Å². The van der Waals surface area contributed by atoms with Crippen LogP contribution in [0.1, 0.15) is 0 Å². The van der Waals surface area contributed by atoms with Gasteiger partial charge >= 0.3 is 0 Å². The van der Waals surface area contributed by atoms with Gasteiger partial charge in [-0.3, -0.25) is 0 Å². The number of epoxide rings is 1. The maximum Gasteiger partial charge on any atom is 0.0981 e. The molecule has 0 aliphatic carbocycles. The maximum atomic E-state index is 5.23. The number of rotatable bonds is 4. The molecule has 4 nitrogen and oxygen atoms in total. The Morgan fingerprint density at radius 2 is 2.10 bits per heavy atom. The summed E-state index contributed by atoms with van der Waals surface area (Å²) in [6, 6.07) is 14.9. The molecule has 0 radical (unpaired) electrons. The number of hydrogen-bond donors (Lipinski definition) is 1. The quantitative estimate of drug-likeness (QED) is 0.746. The molecule has 0 bridgehead atoms. The van der Waals surface area contributed by atoms with Gasteiger partial charge in [-0.1, -0.05) is 18.2 Å². The van der Waals surface area contributed by atoms with Crippen molar-refractivity contribution in [1.82, 2.24) is 9.55 Å². The van der Waals surface area contributed by atoms with Crippen molar-refractivity contribution in [1.29, 1.82) is 0 Å². The second-order valence-electron chi connectivity index (χ2n) is 5.48. The molecule has 1 atom stereocenters. The molecular weight excluding hydrogens is 262 g/mol. The van der Waals surface area contributed by atoms with Crippen LogP contribution in [0.3, 0.4) is 0 Å². The summed E-state index contributed by atoms with van der Waals surface area (Å²) in [4.78, 5) is 4.36. The smallest absolute Gasteiger partial charge is 0.0981 e. The van der Waals surface area contributed by atoms with E-state index in [9.17, 15) is 0 Å². The normalized spacial score (nSPS) is 17.1. The number of hydrogen-bond acceptors (Lipinski definition) is 3. The van der Waals surface area contributed by atoms with Gasteiger partial charge in [0.25, 0.3) is 0 Å². The van der Waals surface area contributed by atoms with Crippen LogP contribution in [0.25, 0.3) is 22.2 Å². The van der Waals surface area contributed by atoms with E-state index in [1.165, 1.54) is 11.1 Å². The highest BCUT2D eigenvalue weighted by molar-refractivity contribution is 5.82. The second-order valence-corrected chi connectivity index (χ2v) is 5.48. The van der Waals surface area contributed by atoms with Gasteiger partial charge in [0, 0.05) is 19.3 Å². The van der Waals surface area contributed by atoms with Gasteiger partial charge in [-0.25, -0.2) is 4.98 Å². The Kier molecular flexibility index (Phi) is 2.89. The molecule has 4 rings (SSSR count). The van der Waals surface area contributed by atoms with Gasteiger partial charge in [0.2, 0.25) is 0 Å². The van der Waals surface area contributed by atoms with Gasteiger partial charge in [0.05, 0.1) is 30.1 Å². The van der Waals surface area contributed by atoms with Crippen LogP contribution in [0.4, 0.5) is 5.69 Å². The summed E-state index contributed by atoms with van der Waals surface area (Å²) >= 11 is 0. The highest BCUT2D eigenvalue weighted by Gasteiger charge is 2.21. The zero-order valence-electron chi connectivity index (χ0n) is 11.9. The van der Waals surface area contributed by atoms with Crippen LogP contribution in [0, 0.1) is 0 Å². The fraction of sp³-hybridized carbons (Fsp3) is 0.235. The largest absolute Gasteiger partial charge is 0.382 e. The molecule has 0 spiro atoms. The van der Waals surface area contributed by atoms with E-state index in [0.717, 1.165) is 29.9 Å². The van der Waals surface area contributed by atoms with Crippen LogP contribution in [0.15, 0.2) is 48.8 Å². The Hall–Kier alpha value is -2.33. The van der Waals surface area contributed by atoms with Crippen molar-refractivity contribution in [3.63, 3.8) is 0 Å². The average Bonchev–Trinajstić information content (AvgIpc) is 3.29. The van der Waals surface area contributed by atoms with Crippen LogP contribution in [-0.4, -0.2) is 28.8 Å². The highest BCUT2D eigenvalue weighted by atomic mass is 16.6. The minimum absolute atomic E-state index is 0.388. The second kappa shape index (κ2) is 4.90. The summed E-state index contributed by atoms with van der Waals surface area (Å²) in [7, 11) is 2.02. The van der Waals surface area contributed by atoms with Gasteiger partial charge in [-0.05, 0) is 35.4 Å². The van der Waals surface area contributed by atoms with Crippen LogP contribution in [-0.2, 0) is 11.8 Å². The predicted octanol–water partition coefficient (Wildman–Crippen LogP) is 3.05. The Labute approximate surface area is 123 Å². The fourth-order valence-corrected chi connectivity index (χ4v) is 2.53. The van der Waals surface area contributed by atoms with Crippen molar-refractivity contribution in [2.45, 2.75) is 6.10 Å². The number of aromatic nitrogens is 2. The first kappa shape index (κ1) is 12.4. The highest BCUT2D eigenvalue weighted by Crippen LogP contribution is 2.26. The first-order chi connectivity index (χ1) is 10.3. The van der Waals surface area contributed by atoms with E-state index in [-0.39, 0.29) is 0 Å². The number of nitrogens with zero attached hydrogens (tertiary/aromatic N) is 2. The third kappa shape index (κ3) is 2.50. The zero-order chi connectivity index (χ0) is 14.2. The molecule has 106 valence electrons. The summed E-state index contributed by atoms with van der Waals surface area (Å²) in [5.41, 5.74) is 5.73. The summed E-state index contributed by atoms with van der Waals surface area (Å²) in [6.07, 6.45) is 2.24. The van der Waals surface area contributed by atoms with Gasteiger partial charge in [-0.15, -0.1) is 0 Å². The van der Waals surface area contributed by atoms with Crippen molar-refractivity contribution < 1.29 is 4.74 Å². The van der Waals surface area contributed by atoms with Crippen molar-refractivity contribution in [3.05, 3.63) is 48.8 Å². The first-order valence-corrected chi connectivity index (χ1v) is 7.16. The molecule has 21 heavy (non-hydrogen) atoms.